The average molecular weight is 155 g/mol. The van der Waals surface area contributed by atoms with Gasteiger partial charge in [-0.15, -0.1) is 0 Å². The summed E-state index contributed by atoms with van der Waals surface area (Å²) in [5, 5.41) is 10.5. The summed E-state index contributed by atoms with van der Waals surface area (Å²) in [6.45, 7) is 0. The molecule has 2 rings (SSSR count). The standard InChI is InChI=1S/C9H5N3/c10-4-9-3-7-1-2-11-5-8(7)6-12-9/h1-3,5-6H. The molecule has 0 aliphatic heterocycles. The topological polar surface area (TPSA) is 49.6 Å². The Morgan fingerprint density at radius 1 is 1.25 bits per heavy atom. The Morgan fingerprint density at radius 3 is 3.00 bits per heavy atom. The molecule has 3 nitrogen and oxygen atoms in total. The first-order valence-electron chi connectivity index (χ1n) is 3.50. The van der Waals surface area contributed by atoms with Crippen LogP contribution in [0.25, 0.3) is 10.8 Å². The molecule has 0 saturated carbocycles. The number of rotatable bonds is 0. The molecular formula is C9H5N3. The lowest BCUT2D eigenvalue weighted by Gasteiger charge is -1.94. The molecule has 2 aromatic heterocycles. The van der Waals surface area contributed by atoms with Crippen LogP contribution in [-0.4, -0.2) is 9.97 Å². The molecule has 0 amide bonds. The first kappa shape index (κ1) is 6.74. The van der Waals surface area contributed by atoms with Crippen LogP contribution in [0, 0.1) is 11.3 Å². The molecule has 0 atom stereocenters. The lowest BCUT2D eigenvalue weighted by Crippen LogP contribution is -1.82. The van der Waals surface area contributed by atoms with Gasteiger partial charge in [0.25, 0.3) is 0 Å². The van der Waals surface area contributed by atoms with E-state index in [0.717, 1.165) is 10.8 Å². The van der Waals surface area contributed by atoms with Crippen molar-refractivity contribution in [3.63, 3.8) is 0 Å². The van der Waals surface area contributed by atoms with E-state index < -0.39 is 0 Å². The van der Waals surface area contributed by atoms with Crippen LogP contribution < -0.4 is 0 Å². The molecule has 0 spiro atoms. The van der Waals surface area contributed by atoms with E-state index >= 15 is 0 Å². The molecule has 0 bridgehead atoms. The fraction of sp³-hybridized carbons (Fsp3) is 0. The highest BCUT2D eigenvalue weighted by Gasteiger charge is 1.94. The maximum absolute atomic E-state index is 8.57. The molecule has 0 fully saturated rings. The molecule has 0 aromatic carbocycles. The van der Waals surface area contributed by atoms with Crippen LogP contribution in [-0.2, 0) is 0 Å². The molecule has 0 N–H and O–H groups in total. The third-order valence-corrected chi connectivity index (χ3v) is 1.64. The molecule has 0 saturated heterocycles. The van der Waals surface area contributed by atoms with Gasteiger partial charge in [-0.3, -0.25) is 4.98 Å². The summed E-state index contributed by atoms with van der Waals surface area (Å²) in [7, 11) is 0. The van der Waals surface area contributed by atoms with Gasteiger partial charge in [-0.1, -0.05) is 0 Å². The molecule has 0 aliphatic carbocycles. The van der Waals surface area contributed by atoms with Crippen molar-refractivity contribution in [1.29, 1.82) is 5.26 Å². The van der Waals surface area contributed by atoms with Crippen molar-refractivity contribution < 1.29 is 0 Å². The first-order valence-corrected chi connectivity index (χ1v) is 3.50. The summed E-state index contributed by atoms with van der Waals surface area (Å²) in [4.78, 5) is 7.87. The van der Waals surface area contributed by atoms with E-state index in [0.29, 0.717) is 5.69 Å². The number of fused-ring (bicyclic) bond motifs is 1. The van der Waals surface area contributed by atoms with Crippen LogP contribution in [0.4, 0.5) is 0 Å². The van der Waals surface area contributed by atoms with Gasteiger partial charge in [0.2, 0.25) is 0 Å². The minimum Gasteiger partial charge on any atom is -0.264 e. The van der Waals surface area contributed by atoms with Crippen LogP contribution >= 0.6 is 0 Å². The molecule has 12 heavy (non-hydrogen) atoms. The lowest BCUT2D eigenvalue weighted by molar-refractivity contribution is 1.27. The maximum atomic E-state index is 8.57. The summed E-state index contributed by atoms with van der Waals surface area (Å²) >= 11 is 0. The van der Waals surface area contributed by atoms with Gasteiger partial charge in [-0.2, -0.15) is 5.26 Å². The van der Waals surface area contributed by atoms with Gasteiger partial charge in [0.1, 0.15) is 11.8 Å². The molecule has 0 unspecified atom stereocenters. The van der Waals surface area contributed by atoms with E-state index in [1.165, 1.54) is 0 Å². The first-order chi connectivity index (χ1) is 5.90. The largest absolute Gasteiger partial charge is 0.264 e. The highest BCUT2D eigenvalue weighted by atomic mass is 14.7. The minimum absolute atomic E-state index is 0.439. The zero-order valence-corrected chi connectivity index (χ0v) is 6.23. The second kappa shape index (κ2) is 2.59. The van der Waals surface area contributed by atoms with Crippen LogP contribution in [0.15, 0.2) is 30.7 Å². The van der Waals surface area contributed by atoms with Crippen molar-refractivity contribution in [2.75, 3.05) is 0 Å². The maximum Gasteiger partial charge on any atom is 0.141 e. The van der Waals surface area contributed by atoms with E-state index in [9.17, 15) is 0 Å². The molecule has 56 valence electrons. The molecule has 2 aromatic rings. The number of pyridine rings is 2. The number of hydrogen-bond donors (Lipinski definition) is 0. The van der Waals surface area contributed by atoms with Gasteiger partial charge >= 0.3 is 0 Å². The van der Waals surface area contributed by atoms with Crippen molar-refractivity contribution in [2.45, 2.75) is 0 Å². The quantitative estimate of drug-likeness (QED) is 0.579. The summed E-state index contributed by atoms with van der Waals surface area (Å²) in [6.07, 6.45) is 5.08. The molecule has 2 heterocycles. The minimum atomic E-state index is 0.439. The van der Waals surface area contributed by atoms with Crippen LogP contribution in [0.1, 0.15) is 5.69 Å². The second-order valence-corrected chi connectivity index (χ2v) is 2.40. The molecule has 0 radical (unpaired) electrons. The predicted octanol–water partition coefficient (Wildman–Crippen LogP) is 1.50. The monoisotopic (exact) mass is 155 g/mol. The van der Waals surface area contributed by atoms with Crippen molar-refractivity contribution in [2.24, 2.45) is 0 Å². The second-order valence-electron chi connectivity index (χ2n) is 2.40. The van der Waals surface area contributed by atoms with Crippen molar-refractivity contribution in [1.82, 2.24) is 9.97 Å². The summed E-state index contributed by atoms with van der Waals surface area (Å²) in [6, 6.07) is 5.59. The Labute approximate surface area is 69.3 Å². The van der Waals surface area contributed by atoms with Gasteiger partial charge in [-0.05, 0) is 17.5 Å². The fourth-order valence-electron chi connectivity index (χ4n) is 1.04. The lowest BCUT2D eigenvalue weighted by atomic mass is 10.2. The van der Waals surface area contributed by atoms with E-state index in [2.05, 4.69) is 9.97 Å². The third-order valence-electron chi connectivity index (χ3n) is 1.64. The van der Waals surface area contributed by atoms with E-state index in [-0.39, 0.29) is 0 Å². The van der Waals surface area contributed by atoms with Crippen LogP contribution in [0.5, 0.6) is 0 Å². The van der Waals surface area contributed by atoms with E-state index in [4.69, 9.17) is 5.26 Å². The predicted molar refractivity (Wildman–Crippen MR) is 44.3 cm³/mol. The highest BCUT2D eigenvalue weighted by molar-refractivity contribution is 5.81. The fourth-order valence-corrected chi connectivity index (χ4v) is 1.04. The molecular weight excluding hydrogens is 150 g/mol. The Morgan fingerprint density at radius 2 is 2.17 bits per heavy atom. The van der Waals surface area contributed by atoms with E-state index in [1.807, 2.05) is 12.1 Å². The Bertz CT molecular complexity index is 457. The number of nitrogens with zero attached hydrogens (tertiary/aromatic N) is 3. The summed E-state index contributed by atoms with van der Waals surface area (Å²) < 4.78 is 0. The van der Waals surface area contributed by atoms with Crippen LogP contribution in [0.2, 0.25) is 0 Å². The number of hydrogen-bond acceptors (Lipinski definition) is 3. The number of nitriles is 1. The Balaban J connectivity index is 2.78. The van der Waals surface area contributed by atoms with Gasteiger partial charge in [0.05, 0.1) is 0 Å². The SMILES string of the molecule is N#Cc1cc2ccncc2cn1. The average Bonchev–Trinajstić information content (AvgIpc) is 2.17. The number of aromatic nitrogens is 2. The molecule has 3 heteroatoms. The van der Waals surface area contributed by atoms with E-state index in [1.54, 1.807) is 24.7 Å². The zero-order chi connectivity index (χ0) is 8.39. The molecule has 0 aliphatic rings. The zero-order valence-electron chi connectivity index (χ0n) is 6.23. The normalized spacial score (nSPS) is 9.58. The summed E-state index contributed by atoms with van der Waals surface area (Å²) in [5.41, 5.74) is 0.439. The summed E-state index contributed by atoms with van der Waals surface area (Å²) in [5.74, 6) is 0. The van der Waals surface area contributed by atoms with Crippen LogP contribution in [0.3, 0.4) is 0 Å². The van der Waals surface area contributed by atoms with Crippen molar-refractivity contribution in [3.8, 4) is 6.07 Å². The van der Waals surface area contributed by atoms with Gasteiger partial charge < -0.3 is 0 Å². The Hall–Kier alpha value is -1.95. The third kappa shape index (κ3) is 0.995. The van der Waals surface area contributed by atoms with Crippen molar-refractivity contribution in [3.05, 3.63) is 36.4 Å². The van der Waals surface area contributed by atoms with Gasteiger partial charge in [0.15, 0.2) is 0 Å². The van der Waals surface area contributed by atoms with Gasteiger partial charge in [-0.25, -0.2) is 4.98 Å². The highest BCUT2D eigenvalue weighted by Crippen LogP contribution is 2.10. The Kier molecular flexibility index (Phi) is 1.45. The smallest absolute Gasteiger partial charge is 0.141 e. The van der Waals surface area contributed by atoms with Gasteiger partial charge in [0, 0.05) is 24.0 Å². The van der Waals surface area contributed by atoms with Crippen molar-refractivity contribution >= 4 is 10.8 Å².